The number of carbonyl (C=O) groups is 12. The number of carbonyl (C=O) groups excluding carboxylic acids is 12. The first kappa shape index (κ1) is 92.1. The van der Waals surface area contributed by atoms with Gasteiger partial charge >= 0.3 is 32.0 Å². The number of ether oxygens (including phenoxy) is 5. The summed E-state index contributed by atoms with van der Waals surface area (Å²) >= 11 is 0. The van der Waals surface area contributed by atoms with Crippen LogP contribution in [-0.2, 0) is 82.5 Å². The summed E-state index contributed by atoms with van der Waals surface area (Å²) in [7, 11) is 0.893. The molecular weight excluding hydrogens is 1510 g/mol. The van der Waals surface area contributed by atoms with Gasteiger partial charge in [0, 0.05) is 59.4 Å². The molecule has 115 heavy (non-hydrogen) atoms. The van der Waals surface area contributed by atoms with Crippen LogP contribution in [0, 0.1) is 29.6 Å². The summed E-state index contributed by atoms with van der Waals surface area (Å²) in [5.41, 5.74) is 10.3. The standard InChI is InChI=1S/C81H115N12O21P/c1-15-48(8)69(63(109-13)42-65(95)93-39-24-32-62(93)70(110-14)49(9)72(96)84-50(10)71(114-115(106,107)108)52-25-17-16-18-26-52)91(11)77(101)67(46(4)5)90-76(100)68(47(6)7)92(12)81(105)113-43-51-33-35-53(36-34-51)85-73(97)59(31-23-38-83-79(82)103)87-75(99)66(45(2)3)89-74(98)61(41-64(94)86-60-37-40-111-78(60)102)88-80(104)112-44-58-56-29-21-19-27-54(56)55-28-20-22-30-57(55)58/h16-22,25-30,33-36,45-50,58-63,66-71H,15,23-24,31-32,37-44H2,1-14H3,(H,84,96)(H,85,97)(H,86,94)(H,87,99)(H,88,104)(H,89,98)(H,90,100)(H3,82,83,103)(H2,106,107,108)/t48-,49+,50+,59-,60-,61-,62-,63+,66-,67-,68-,69-,70+,71+/m0/s1. The molecule has 12 N–H and O–H groups in total. The number of urea groups is 1. The maximum Gasteiger partial charge on any atom is 0.470 e. The van der Waals surface area contributed by atoms with Crippen molar-refractivity contribution in [3.05, 3.63) is 125 Å². The highest BCUT2D eigenvalue weighted by atomic mass is 31.2. The Morgan fingerprint density at radius 3 is 1.85 bits per heavy atom. The lowest BCUT2D eigenvalue weighted by Crippen LogP contribution is -2.60. The number of alkyl carbamates (subject to hydrolysis) is 1. The van der Waals surface area contributed by atoms with Crippen LogP contribution >= 0.6 is 7.82 Å². The van der Waals surface area contributed by atoms with Crippen molar-refractivity contribution in [3.8, 4) is 11.1 Å². The van der Waals surface area contributed by atoms with E-state index < -0.39 is 176 Å². The van der Waals surface area contributed by atoms with E-state index in [1.807, 2.05) is 62.4 Å². The van der Waals surface area contributed by atoms with Crippen molar-refractivity contribution >= 4 is 85.0 Å². The van der Waals surface area contributed by atoms with Crippen LogP contribution in [0.1, 0.15) is 155 Å². The zero-order valence-electron chi connectivity index (χ0n) is 67.9. The summed E-state index contributed by atoms with van der Waals surface area (Å²) in [5, 5.41) is 21.3. The molecule has 12 amide bonds. The lowest BCUT2D eigenvalue weighted by atomic mass is 9.89. The number of hydrogen-bond acceptors (Lipinski definition) is 19. The summed E-state index contributed by atoms with van der Waals surface area (Å²) in [5.74, 6) is -8.99. The number of likely N-dealkylation sites (N-methyl/N-ethyl adjacent to an activating group) is 2. The maximum absolute atomic E-state index is 14.9. The molecule has 2 heterocycles. The number of cyclic esters (lactones) is 1. The lowest BCUT2D eigenvalue weighted by Gasteiger charge is -2.41. The number of nitrogens with two attached hydrogens (primary N) is 1. The third kappa shape index (κ3) is 25.5. The molecule has 2 aliphatic heterocycles. The molecule has 0 saturated carbocycles. The SMILES string of the molecule is CC[C@H](C)[C@@H]([C@@H](CC(=O)N1CCC[C@H]1[C@H](OC)[C@@H](C)C(=O)N[C@H](C)[C@@H](OP(=O)(O)O)c1ccccc1)OC)N(C)C(=O)[C@@H](NC(=O)[C@H](C(C)C)N(C)C(=O)OCc1ccc(NC(=O)[C@H](CCCNC(N)=O)NC(=O)[C@@H](NC(=O)[C@H](CC(=O)N[C@H]2CCOC2=O)NC(=O)OCC2c3ccccc3-c3ccccc32)C(C)C)cc1)C(C)C. The van der Waals surface area contributed by atoms with Gasteiger partial charge in [0.15, 0.2) is 0 Å². The number of likely N-dealkylation sites (tertiary alicyclic amines) is 1. The van der Waals surface area contributed by atoms with E-state index in [4.69, 9.17) is 33.9 Å². The van der Waals surface area contributed by atoms with Gasteiger partial charge in [0.05, 0.1) is 55.7 Å². The number of benzene rings is 4. The molecule has 0 radical (unpaired) electrons. The predicted octanol–water partition coefficient (Wildman–Crippen LogP) is 6.44. The number of amides is 12. The molecule has 4 aromatic carbocycles. The molecule has 0 spiro atoms. The van der Waals surface area contributed by atoms with E-state index in [-0.39, 0.29) is 75.5 Å². The first-order valence-corrected chi connectivity index (χ1v) is 40.5. The number of nitrogens with one attached hydrogen (secondary N) is 8. The summed E-state index contributed by atoms with van der Waals surface area (Å²) < 4.78 is 45.7. The zero-order valence-corrected chi connectivity index (χ0v) is 68.8. The minimum Gasteiger partial charge on any atom is -0.464 e. The second kappa shape index (κ2) is 43.1. The average molecular weight is 1620 g/mol. The Labute approximate surface area is 671 Å². The lowest BCUT2D eigenvalue weighted by molar-refractivity contribution is -0.148. The Bertz CT molecular complexity index is 4030. The van der Waals surface area contributed by atoms with Gasteiger partial charge in [-0.15, -0.1) is 0 Å². The van der Waals surface area contributed by atoms with Crippen LogP contribution in [-0.4, -0.2) is 217 Å². The highest BCUT2D eigenvalue weighted by molar-refractivity contribution is 7.46. The Morgan fingerprint density at radius 2 is 1.29 bits per heavy atom. The van der Waals surface area contributed by atoms with Crippen LogP contribution in [0.15, 0.2) is 103 Å². The van der Waals surface area contributed by atoms with Gasteiger partial charge in [0.1, 0.15) is 55.6 Å². The number of fused-ring (bicyclic) bond motifs is 3. The van der Waals surface area contributed by atoms with Crippen LogP contribution in [0.4, 0.5) is 20.1 Å². The minimum absolute atomic E-state index is 0.0184. The summed E-state index contributed by atoms with van der Waals surface area (Å²) in [6, 6.07) is 19.3. The Morgan fingerprint density at radius 1 is 0.670 bits per heavy atom. The molecule has 630 valence electrons. The van der Waals surface area contributed by atoms with E-state index in [2.05, 4.69) is 42.5 Å². The number of phosphoric acid groups is 1. The fourth-order valence-electron chi connectivity index (χ4n) is 15.0. The van der Waals surface area contributed by atoms with E-state index in [9.17, 15) is 71.9 Å². The van der Waals surface area contributed by atoms with Gasteiger partial charge in [0.25, 0.3) is 0 Å². The monoisotopic (exact) mass is 1620 g/mol. The van der Waals surface area contributed by atoms with Gasteiger partial charge in [-0.1, -0.05) is 160 Å². The van der Waals surface area contributed by atoms with Gasteiger partial charge in [-0.05, 0) is 102 Å². The number of methoxy groups -OCH3 is 2. The maximum atomic E-state index is 14.9. The van der Waals surface area contributed by atoms with Gasteiger partial charge in [-0.25, -0.2) is 23.7 Å². The van der Waals surface area contributed by atoms with E-state index in [1.54, 1.807) is 110 Å². The third-order valence-corrected chi connectivity index (χ3v) is 21.8. The van der Waals surface area contributed by atoms with Crippen molar-refractivity contribution in [2.45, 2.75) is 206 Å². The normalized spacial score (nSPS) is 17.7. The van der Waals surface area contributed by atoms with Gasteiger partial charge in [-0.2, -0.15) is 0 Å². The average Bonchev–Trinajstić information content (AvgIpc) is 1.62. The van der Waals surface area contributed by atoms with Crippen LogP contribution in [0.2, 0.25) is 0 Å². The molecule has 4 aromatic rings. The van der Waals surface area contributed by atoms with Crippen molar-refractivity contribution in [3.63, 3.8) is 0 Å². The molecule has 0 bridgehead atoms. The van der Waals surface area contributed by atoms with Crippen molar-refractivity contribution in [2.75, 3.05) is 59.9 Å². The Hall–Kier alpha value is -10.1. The van der Waals surface area contributed by atoms with Crippen molar-refractivity contribution < 1.29 is 100 Å². The van der Waals surface area contributed by atoms with Gasteiger partial charge in [0.2, 0.25) is 47.3 Å². The summed E-state index contributed by atoms with van der Waals surface area (Å²) in [4.78, 5) is 190. The molecule has 1 aliphatic carbocycles. The summed E-state index contributed by atoms with van der Waals surface area (Å²) in [6.07, 6.45) is -3.73. The van der Waals surface area contributed by atoms with E-state index >= 15 is 0 Å². The van der Waals surface area contributed by atoms with E-state index in [0.29, 0.717) is 36.9 Å². The quantitative estimate of drug-likeness (QED) is 0.00985. The number of primary amides is 1. The van der Waals surface area contributed by atoms with Crippen LogP contribution < -0.4 is 48.3 Å². The summed E-state index contributed by atoms with van der Waals surface area (Å²) in [6.45, 7) is 17.3. The number of hydrogen-bond donors (Lipinski definition) is 11. The highest BCUT2D eigenvalue weighted by Crippen LogP contribution is 2.46. The van der Waals surface area contributed by atoms with Crippen molar-refractivity contribution in [2.24, 2.45) is 35.3 Å². The molecule has 7 rings (SSSR count). The molecule has 3 aliphatic rings. The third-order valence-electron chi connectivity index (χ3n) is 21.3. The van der Waals surface area contributed by atoms with Crippen LogP contribution in [0.3, 0.4) is 0 Å². The molecule has 2 fully saturated rings. The molecule has 0 aromatic heterocycles. The molecule has 2 saturated heterocycles. The first-order valence-electron chi connectivity index (χ1n) is 39.0. The predicted molar refractivity (Wildman–Crippen MR) is 424 cm³/mol. The van der Waals surface area contributed by atoms with Crippen molar-refractivity contribution in [1.82, 2.24) is 51.9 Å². The van der Waals surface area contributed by atoms with Crippen molar-refractivity contribution in [1.29, 1.82) is 0 Å². The number of anilines is 1. The molecule has 14 atom stereocenters. The largest absolute Gasteiger partial charge is 0.470 e. The second-order valence-corrected chi connectivity index (χ2v) is 31.8. The second-order valence-electron chi connectivity index (χ2n) is 30.6. The smallest absolute Gasteiger partial charge is 0.464 e. The zero-order chi connectivity index (χ0) is 84.7. The highest BCUT2D eigenvalue weighted by Gasteiger charge is 2.45. The number of nitrogens with zero attached hydrogens (tertiary/aromatic N) is 3. The molecule has 0 unspecified atom stereocenters. The number of phosphoric ester groups is 1. The van der Waals surface area contributed by atoms with Gasteiger partial charge in [-0.3, -0.25) is 47.8 Å². The van der Waals surface area contributed by atoms with Crippen LogP contribution in [0.5, 0.6) is 0 Å². The molecule has 34 heteroatoms. The first-order chi connectivity index (χ1) is 54.5. The topological polar surface area (TPSA) is 450 Å². The molecule has 33 nitrogen and oxygen atoms in total. The molecular formula is C81H115N12O21P. The van der Waals surface area contributed by atoms with E-state index in [0.717, 1.165) is 27.2 Å². The fraction of sp³-hybridized carbons (Fsp3) is 0.556. The Kier molecular flexibility index (Phi) is 34.5. The minimum atomic E-state index is -5.00. The van der Waals surface area contributed by atoms with Crippen LogP contribution in [0.25, 0.3) is 11.1 Å². The fourth-order valence-corrected chi connectivity index (χ4v) is 15.6. The Balaban J connectivity index is 0.959. The number of esters is 1. The number of rotatable bonds is 41. The van der Waals surface area contributed by atoms with Gasteiger partial charge < -0.3 is 91.5 Å². The van der Waals surface area contributed by atoms with E-state index in [1.165, 1.54) is 38.3 Å².